The zero-order chi connectivity index (χ0) is 21.3. The first-order valence-electron chi connectivity index (χ1n) is 9.87. The molecule has 2 heterocycles. The van der Waals surface area contributed by atoms with Gasteiger partial charge in [0.2, 0.25) is 10.0 Å². The highest BCUT2D eigenvalue weighted by molar-refractivity contribution is 7.89. The van der Waals surface area contributed by atoms with Crippen molar-refractivity contribution in [2.75, 3.05) is 19.7 Å². The predicted molar refractivity (Wildman–Crippen MR) is 118 cm³/mol. The highest BCUT2D eigenvalue weighted by atomic mass is 32.2. The molecule has 8 heteroatoms. The Bertz CT molecular complexity index is 1160. The Labute approximate surface area is 180 Å². The first-order chi connectivity index (χ1) is 14.4. The van der Waals surface area contributed by atoms with Crippen LogP contribution in [0.15, 0.2) is 59.5 Å². The van der Waals surface area contributed by atoms with E-state index >= 15 is 0 Å². The van der Waals surface area contributed by atoms with Crippen LogP contribution in [0.2, 0.25) is 0 Å². The molecule has 1 saturated heterocycles. The molecule has 3 aromatic rings. The summed E-state index contributed by atoms with van der Waals surface area (Å²) in [5.41, 5.74) is 0.765. The normalized spacial score (nSPS) is 18.0. The van der Waals surface area contributed by atoms with E-state index in [0.29, 0.717) is 4.88 Å². The van der Waals surface area contributed by atoms with Gasteiger partial charge in [0, 0.05) is 29.4 Å². The molecule has 4 rings (SSSR count). The van der Waals surface area contributed by atoms with Gasteiger partial charge in [0.05, 0.1) is 22.5 Å². The highest BCUT2D eigenvalue weighted by Gasteiger charge is 2.35. The van der Waals surface area contributed by atoms with Crippen LogP contribution in [0.3, 0.4) is 0 Å². The van der Waals surface area contributed by atoms with E-state index in [4.69, 9.17) is 4.74 Å². The molecule has 2 aromatic carbocycles. The lowest BCUT2D eigenvalue weighted by molar-refractivity contribution is -0.00193. The fourth-order valence-corrected chi connectivity index (χ4v) is 6.24. The Morgan fingerprint density at radius 3 is 2.57 bits per heavy atom. The monoisotopic (exact) mass is 444 g/mol. The van der Waals surface area contributed by atoms with Crippen molar-refractivity contribution >= 4 is 37.4 Å². The first-order valence-corrected chi connectivity index (χ1v) is 12.1. The molecule has 30 heavy (non-hydrogen) atoms. The highest BCUT2D eigenvalue weighted by Crippen LogP contribution is 2.39. The molecule has 0 bridgehead atoms. The summed E-state index contributed by atoms with van der Waals surface area (Å²) in [4.78, 5) is 13.7. The maximum atomic E-state index is 13.1. The molecule has 158 valence electrons. The minimum absolute atomic E-state index is 0.00204. The summed E-state index contributed by atoms with van der Waals surface area (Å²) >= 11 is 1.41. The molecule has 1 amide bonds. The van der Waals surface area contributed by atoms with Crippen LogP contribution in [-0.4, -0.2) is 44.4 Å². The maximum Gasteiger partial charge on any atom is 0.261 e. The number of rotatable bonds is 5. The number of fused-ring (bicyclic) bond motifs is 1. The molecule has 1 fully saturated rings. The molecule has 0 unspecified atom stereocenters. The summed E-state index contributed by atoms with van der Waals surface area (Å²) in [5.74, 6) is -0.159. The quantitative estimate of drug-likeness (QED) is 0.649. The number of nitrogens with zero attached hydrogens (tertiary/aromatic N) is 1. The average Bonchev–Trinajstić information content (AvgIpc) is 3.14. The van der Waals surface area contributed by atoms with Crippen LogP contribution in [-0.2, 0) is 14.8 Å². The lowest BCUT2D eigenvalue weighted by Gasteiger charge is -2.32. The molecule has 1 atom stereocenters. The molecule has 0 aliphatic carbocycles. The SMILES string of the molecule is CC(C)NC(=O)c1sc2ccccc2c1[C@@H]1CN(S(=O)(=O)c2ccccc2)CCO1. The molecular weight excluding hydrogens is 420 g/mol. The Kier molecular flexibility index (Phi) is 5.92. The minimum atomic E-state index is -3.64. The summed E-state index contributed by atoms with van der Waals surface area (Å²) in [6.45, 7) is 4.54. The van der Waals surface area contributed by atoms with Gasteiger partial charge in [0.25, 0.3) is 5.91 Å². The van der Waals surface area contributed by atoms with Crippen LogP contribution in [0.4, 0.5) is 0 Å². The number of ether oxygens (including phenoxy) is 1. The second kappa shape index (κ2) is 8.47. The van der Waals surface area contributed by atoms with Gasteiger partial charge in [0.15, 0.2) is 0 Å². The maximum absolute atomic E-state index is 13.1. The number of amides is 1. The number of nitrogens with one attached hydrogen (secondary N) is 1. The smallest absolute Gasteiger partial charge is 0.261 e. The zero-order valence-corrected chi connectivity index (χ0v) is 18.5. The summed E-state index contributed by atoms with van der Waals surface area (Å²) in [6, 6.07) is 16.2. The Hall–Kier alpha value is -2.26. The van der Waals surface area contributed by atoms with Crippen molar-refractivity contribution in [1.29, 1.82) is 0 Å². The van der Waals surface area contributed by atoms with E-state index in [0.717, 1.165) is 15.6 Å². The van der Waals surface area contributed by atoms with E-state index in [9.17, 15) is 13.2 Å². The molecule has 6 nitrogen and oxygen atoms in total. The zero-order valence-electron chi connectivity index (χ0n) is 16.9. The first kappa shape index (κ1) is 21.0. The van der Waals surface area contributed by atoms with Gasteiger partial charge in [-0.3, -0.25) is 4.79 Å². The van der Waals surface area contributed by atoms with Gasteiger partial charge in [-0.1, -0.05) is 36.4 Å². The Balaban J connectivity index is 1.72. The van der Waals surface area contributed by atoms with Crippen molar-refractivity contribution in [2.24, 2.45) is 0 Å². The molecule has 0 saturated carbocycles. The molecule has 1 aliphatic rings. The van der Waals surface area contributed by atoms with E-state index in [1.807, 2.05) is 38.1 Å². The number of carbonyl (C=O) groups excluding carboxylic acids is 1. The van der Waals surface area contributed by atoms with Crippen LogP contribution >= 0.6 is 11.3 Å². The van der Waals surface area contributed by atoms with Crippen molar-refractivity contribution in [2.45, 2.75) is 30.9 Å². The fourth-order valence-electron chi connectivity index (χ4n) is 3.64. The summed E-state index contributed by atoms with van der Waals surface area (Å²) in [5, 5.41) is 3.88. The lowest BCUT2D eigenvalue weighted by atomic mass is 10.0. The molecule has 1 aliphatic heterocycles. The van der Waals surface area contributed by atoms with Crippen molar-refractivity contribution in [3.63, 3.8) is 0 Å². The standard InChI is InChI=1S/C22H24N2O4S2/c1-15(2)23-22(25)21-20(17-10-6-7-11-19(17)29-21)18-14-24(12-13-28-18)30(26,27)16-8-4-3-5-9-16/h3-11,15,18H,12-14H2,1-2H3,(H,23,25)/t18-/m0/s1. The average molecular weight is 445 g/mol. The lowest BCUT2D eigenvalue weighted by Crippen LogP contribution is -2.42. The number of carbonyl (C=O) groups is 1. The summed E-state index contributed by atoms with van der Waals surface area (Å²) < 4.78 is 34.7. The van der Waals surface area contributed by atoms with Crippen molar-refractivity contribution in [3.8, 4) is 0 Å². The molecule has 1 N–H and O–H groups in total. The Morgan fingerprint density at radius 1 is 1.13 bits per heavy atom. The third-order valence-corrected chi connectivity index (χ3v) is 8.06. The van der Waals surface area contributed by atoms with Gasteiger partial charge >= 0.3 is 0 Å². The van der Waals surface area contributed by atoms with Crippen LogP contribution in [0.25, 0.3) is 10.1 Å². The number of hydrogen-bond donors (Lipinski definition) is 1. The van der Waals surface area contributed by atoms with Crippen LogP contribution in [0.5, 0.6) is 0 Å². The number of morpholine rings is 1. The summed E-state index contributed by atoms with van der Waals surface area (Å²) in [6.07, 6.45) is -0.513. The van der Waals surface area contributed by atoms with Crippen LogP contribution in [0.1, 0.15) is 35.2 Å². The van der Waals surface area contributed by atoms with Gasteiger partial charge in [0.1, 0.15) is 0 Å². The fraction of sp³-hybridized carbons (Fsp3) is 0.318. The third-order valence-electron chi connectivity index (χ3n) is 4.99. The number of sulfonamides is 1. The van der Waals surface area contributed by atoms with Gasteiger partial charge < -0.3 is 10.1 Å². The minimum Gasteiger partial charge on any atom is -0.371 e. The van der Waals surface area contributed by atoms with Crippen molar-refractivity contribution in [1.82, 2.24) is 9.62 Å². The van der Waals surface area contributed by atoms with E-state index < -0.39 is 16.1 Å². The van der Waals surface area contributed by atoms with Gasteiger partial charge in [-0.2, -0.15) is 4.31 Å². The molecule has 0 spiro atoms. The van der Waals surface area contributed by atoms with Crippen LogP contribution in [0, 0.1) is 0 Å². The van der Waals surface area contributed by atoms with E-state index in [1.54, 1.807) is 30.3 Å². The van der Waals surface area contributed by atoms with E-state index in [2.05, 4.69) is 5.32 Å². The van der Waals surface area contributed by atoms with Crippen LogP contribution < -0.4 is 5.32 Å². The Morgan fingerprint density at radius 2 is 1.83 bits per heavy atom. The van der Waals surface area contributed by atoms with E-state index in [-0.39, 0.29) is 36.5 Å². The molecule has 1 aromatic heterocycles. The number of thiophene rings is 1. The predicted octanol–water partition coefficient (Wildman–Crippen LogP) is 3.80. The molecular formula is C22H24N2O4S2. The van der Waals surface area contributed by atoms with E-state index in [1.165, 1.54) is 15.6 Å². The number of hydrogen-bond acceptors (Lipinski definition) is 5. The number of benzene rings is 2. The molecule has 0 radical (unpaired) electrons. The second-order valence-corrected chi connectivity index (χ2v) is 10.5. The summed E-state index contributed by atoms with van der Waals surface area (Å²) in [7, 11) is -3.64. The van der Waals surface area contributed by atoms with Gasteiger partial charge in [-0.25, -0.2) is 8.42 Å². The van der Waals surface area contributed by atoms with Crippen molar-refractivity contribution in [3.05, 3.63) is 65.0 Å². The topological polar surface area (TPSA) is 75.7 Å². The van der Waals surface area contributed by atoms with Gasteiger partial charge in [-0.15, -0.1) is 11.3 Å². The third kappa shape index (κ3) is 4.00. The second-order valence-electron chi connectivity index (χ2n) is 7.50. The largest absolute Gasteiger partial charge is 0.371 e. The van der Waals surface area contributed by atoms with Gasteiger partial charge in [-0.05, 0) is 37.4 Å². The van der Waals surface area contributed by atoms with Crippen molar-refractivity contribution < 1.29 is 17.9 Å².